The summed E-state index contributed by atoms with van der Waals surface area (Å²) < 4.78 is 1.11. The number of carbonyl (C=O) groups is 1. The van der Waals surface area contributed by atoms with Crippen LogP contribution >= 0.6 is 15.9 Å². The molecule has 1 N–H and O–H groups in total. The van der Waals surface area contributed by atoms with Gasteiger partial charge in [0.15, 0.2) is 0 Å². The van der Waals surface area contributed by atoms with Gasteiger partial charge in [0, 0.05) is 17.4 Å². The second-order valence-corrected chi connectivity index (χ2v) is 4.01. The quantitative estimate of drug-likeness (QED) is 0.738. The lowest BCUT2D eigenvalue weighted by Crippen LogP contribution is -2.20. The number of benzene rings is 1. The zero-order valence-electron chi connectivity index (χ0n) is 7.14. The topological polar surface area (TPSA) is 29.1 Å². The van der Waals surface area contributed by atoms with Gasteiger partial charge in [-0.3, -0.25) is 4.79 Å². The Labute approximate surface area is 85.5 Å². The highest BCUT2D eigenvalue weighted by Crippen LogP contribution is 2.23. The first-order valence-electron chi connectivity index (χ1n) is 4.30. The second-order valence-electron chi connectivity index (χ2n) is 3.15. The standard InChI is InChI=1S/C10H10BrNO/c11-9-3-1-2-7-6-12-10(13)5-4-8(7)9/h1-3H,4-6H2,(H,12,13). The van der Waals surface area contributed by atoms with E-state index in [-0.39, 0.29) is 5.91 Å². The van der Waals surface area contributed by atoms with Crippen LogP contribution in [0.15, 0.2) is 22.7 Å². The minimum atomic E-state index is 0.142. The number of fused-ring (bicyclic) bond motifs is 1. The second kappa shape index (κ2) is 3.50. The summed E-state index contributed by atoms with van der Waals surface area (Å²) in [6.07, 6.45) is 1.43. The fraction of sp³-hybridized carbons (Fsp3) is 0.300. The summed E-state index contributed by atoms with van der Waals surface area (Å²) in [6.45, 7) is 0.660. The number of hydrogen-bond acceptors (Lipinski definition) is 1. The van der Waals surface area contributed by atoms with E-state index >= 15 is 0 Å². The molecule has 0 aliphatic carbocycles. The molecule has 68 valence electrons. The van der Waals surface area contributed by atoms with Crippen molar-refractivity contribution < 1.29 is 4.79 Å². The molecule has 0 saturated carbocycles. The van der Waals surface area contributed by atoms with Gasteiger partial charge in [-0.1, -0.05) is 28.1 Å². The molecule has 2 nitrogen and oxygen atoms in total. The van der Waals surface area contributed by atoms with Crippen LogP contribution in [0.3, 0.4) is 0 Å². The average Bonchev–Trinajstić information content (AvgIpc) is 2.30. The van der Waals surface area contributed by atoms with E-state index in [2.05, 4.69) is 27.3 Å². The van der Waals surface area contributed by atoms with Gasteiger partial charge in [-0.25, -0.2) is 0 Å². The van der Waals surface area contributed by atoms with E-state index in [0.717, 1.165) is 10.9 Å². The average molecular weight is 240 g/mol. The molecule has 13 heavy (non-hydrogen) atoms. The Kier molecular flexibility index (Phi) is 2.36. The lowest BCUT2D eigenvalue weighted by molar-refractivity contribution is -0.121. The summed E-state index contributed by atoms with van der Waals surface area (Å²) in [5.74, 6) is 0.142. The van der Waals surface area contributed by atoms with Crippen molar-refractivity contribution in [2.75, 3.05) is 0 Å². The Hall–Kier alpha value is -0.830. The van der Waals surface area contributed by atoms with Gasteiger partial charge in [-0.2, -0.15) is 0 Å². The van der Waals surface area contributed by atoms with Gasteiger partial charge in [-0.15, -0.1) is 0 Å². The van der Waals surface area contributed by atoms with Gasteiger partial charge >= 0.3 is 0 Å². The van der Waals surface area contributed by atoms with Gasteiger partial charge in [0.05, 0.1) is 0 Å². The van der Waals surface area contributed by atoms with Crippen molar-refractivity contribution in [1.29, 1.82) is 0 Å². The molecule has 1 aliphatic heterocycles. The molecule has 0 atom stereocenters. The molecular weight excluding hydrogens is 230 g/mol. The monoisotopic (exact) mass is 239 g/mol. The molecule has 0 bridgehead atoms. The fourth-order valence-electron chi connectivity index (χ4n) is 1.57. The van der Waals surface area contributed by atoms with Crippen LogP contribution in [0.2, 0.25) is 0 Å². The molecule has 0 fully saturated rings. The van der Waals surface area contributed by atoms with Gasteiger partial charge in [0.25, 0.3) is 0 Å². The third kappa shape index (κ3) is 1.75. The van der Waals surface area contributed by atoms with Gasteiger partial charge in [0.1, 0.15) is 0 Å². The van der Waals surface area contributed by atoms with Crippen molar-refractivity contribution in [1.82, 2.24) is 5.32 Å². The zero-order chi connectivity index (χ0) is 9.26. The minimum Gasteiger partial charge on any atom is -0.352 e. The molecule has 1 aliphatic rings. The molecule has 1 heterocycles. The van der Waals surface area contributed by atoms with Crippen LogP contribution < -0.4 is 5.32 Å². The van der Waals surface area contributed by atoms with Crippen LogP contribution in [-0.2, 0) is 17.8 Å². The Morgan fingerprint density at radius 3 is 3.00 bits per heavy atom. The van der Waals surface area contributed by atoms with E-state index in [0.29, 0.717) is 13.0 Å². The highest BCUT2D eigenvalue weighted by atomic mass is 79.9. The zero-order valence-corrected chi connectivity index (χ0v) is 8.73. The maximum Gasteiger partial charge on any atom is 0.220 e. The van der Waals surface area contributed by atoms with Crippen LogP contribution in [0, 0.1) is 0 Å². The van der Waals surface area contributed by atoms with E-state index in [4.69, 9.17) is 0 Å². The third-order valence-corrected chi connectivity index (χ3v) is 3.04. The summed E-state index contributed by atoms with van der Waals surface area (Å²) in [5, 5.41) is 2.87. The van der Waals surface area contributed by atoms with Crippen LogP contribution in [0.1, 0.15) is 17.5 Å². The summed E-state index contributed by atoms with van der Waals surface area (Å²) >= 11 is 3.50. The molecule has 3 heteroatoms. The van der Waals surface area contributed by atoms with Crippen molar-refractivity contribution in [3.05, 3.63) is 33.8 Å². The van der Waals surface area contributed by atoms with Crippen molar-refractivity contribution in [3.63, 3.8) is 0 Å². The fourth-order valence-corrected chi connectivity index (χ4v) is 2.18. The number of halogens is 1. The van der Waals surface area contributed by atoms with E-state index < -0.39 is 0 Å². The SMILES string of the molecule is O=C1CCc2c(Br)cccc2CN1. The molecule has 0 radical (unpaired) electrons. The van der Waals surface area contributed by atoms with Crippen LogP contribution in [0.25, 0.3) is 0 Å². The number of rotatable bonds is 0. The Bertz CT molecular complexity index is 349. The highest BCUT2D eigenvalue weighted by molar-refractivity contribution is 9.10. The van der Waals surface area contributed by atoms with Gasteiger partial charge in [0.2, 0.25) is 5.91 Å². The molecule has 1 aromatic carbocycles. The maximum absolute atomic E-state index is 11.1. The van der Waals surface area contributed by atoms with Crippen molar-refractivity contribution in [2.24, 2.45) is 0 Å². The number of carbonyl (C=O) groups excluding carboxylic acids is 1. The van der Waals surface area contributed by atoms with Crippen LogP contribution in [-0.4, -0.2) is 5.91 Å². The van der Waals surface area contributed by atoms with Gasteiger partial charge in [-0.05, 0) is 23.6 Å². The van der Waals surface area contributed by atoms with E-state index in [1.54, 1.807) is 0 Å². The predicted molar refractivity (Wildman–Crippen MR) is 54.3 cm³/mol. The van der Waals surface area contributed by atoms with Crippen molar-refractivity contribution in [2.45, 2.75) is 19.4 Å². The molecule has 1 amide bonds. The molecule has 0 saturated heterocycles. The maximum atomic E-state index is 11.1. The first-order valence-corrected chi connectivity index (χ1v) is 5.09. The first kappa shape index (κ1) is 8.75. The largest absolute Gasteiger partial charge is 0.352 e. The molecule has 1 aromatic rings. The Balaban J connectivity index is 2.40. The third-order valence-electron chi connectivity index (χ3n) is 2.29. The van der Waals surface area contributed by atoms with E-state index in [1.807, 2.05) is 12.1 Å². The lowest BCUT2D eigenvalue weighted by Gasteiger charge is -2.06. The number of amides is 1. The molecule has 2 rings (SSSR count). The smallest absolute Gasteiger partial charge is 0.220 e. The first-order chi connectivity index (χ1) is 6.27. The molecule has 0 aromatic heterocycles. The molecule has 0 spiro atoms. The lowest BCUT2D eigenvalue weighted by atomic mass is 10.0. The minimum absolute atomic E-state index is 0.142. The van der Waals surface area contributed by atoms with Crippen molar-refractivity contribution >= 4 is 21.8 Å². The van der Waals surface area contributed by atoms with Crippen LogP contribution in [0.5, 0.6) is 0 Å². The molecule has 0 unspecified atom stereocenters. The van der Waals surface area contributed by atoms with Crippen molar-refractivity contribution in [3.8, 4) is 0 Å². The predicted octanol–water partition coefficient (Wildman–Crippen LogP) is 2.01. The van der Waals surface area contributed by atoms with Gasteiger partial charge < -0.3 is 5.32 Å². The molecular formula is C10H10BrNO. The number of hydrogen-bond donors (Lipinski definition) is 1. The normalized spacial score (nSPS) is 15.9. The van der Waals surface area contributed by atoms with E-state index in [1.165, 1.54) is 11.1 Å². The Morgan fingerprint density at radius 2 is 2.15 bits per heavy atom. The highest BCUT2D eigenvalue weighted by Gasteiger charge is 2.13. The summed E-state index contributed by atoms with van der Waals surface area (Å²) in [7, 11) is 0. The summed E-state index contributed by atoms with van der Waals surface area (Å²) in [6, 6.07) is 6.08. The van der Waals surface area contributed by atoms with E-state index in [9.17, 15) is 4.79 Å². The summed E-state index contributed by atoms with van der Waals surface area (Å²) in [4.78, 5) is 11.1. The summed E-state index contributed by atoms with van der Waals surface area (Å²) in [5.41, 5.74) is 2.49. The number of nitrogens with one attached hydrogen (secondary N) is 1. The Morgan fingerprint density at radius 1 is 1.31 bits per heavy atom. The van der Waals surface area contributed by atoms with Crippen LogP contribution in [0.4, 0.5) is 0 Å².